The number of hydrogen-bond acceptors (Lipinski definition) is 5. The second-order valence-corrected chi connectivity index (χ2v) is 9.03. The molecule has 1 heterocycles. The fraction of sp³-hybridized carbons (Fsp3) is 0.571. The third-order valence-electron chi connectivity index (χ3n) is 6.38. The molecule has 0 unspecified atom stereocenters. The van der Waals surface area contributed by atoms with E-state index in [1.54, 1.807) is 0 Å². The molecule has 1 aromatic rings. The number of rotatable bonds is 4. The summed E-state index contributed by atoms with van der Waals surface area (Å²) in [7, 11) is 1.35. The Hall–Kier alpha value is -2.15. The Morgan fingerprint density at radius 1 is 1.07 bits per heavy atom. The van der Waals surface area contributed by atoms with E-state index in [2.05, 4.69) is 5.32 Å². The molecule has 5 rings (SSSR count). The minimum Gasteiger partial charge on any atom is -0.481 e. The smallest absolute Gasteiger partial charge is 0.341 e. The number of fused-ring (bicyclic) bond motifs is 3. The van der Waals surface area contributed by atoms with Gasteiger partial charge in [-0.3, -0.25) is 9.59 Å². The number of carbonyl (C=O) groups excluding carboxylic acids is 2. The maximum atomic E-state index is 13.2. The Labute approximate surface area is 168 Å². The molecule has 28 heavy (non-hydrogen) atoms. The van der Waals surface area contributed by atoms with Crippen molar-refractivity contribution in [3.05, 3.63) is 28.2 Å². The van der Waals surface area contributed by atoms with Crippen LogP contribution in [0, 0.1) is 23.7 Å². The van der Waals surface area contributed by atoms with Crippen LogP contribution in [0.15, 0.2) is 12.2 Å². The lowest BCUT2D eigenvalue weighted by molar-refractivity contribution is -0.151. The van der Waals surface area contributed by atoms with Crippen molar-refractivity contribution in [2.75, 3.05) is 12.4 Å². The van der Waals surface area contributed by atoms with Crippen molar-refractivity contribution in [2.45, 2.75) is 44.9 Å². The van der Waals surface area contributed by atoms with Crippen LogP contribution in [0.4, 0.5) is 5.00 Å². The second kappa shape index (κ2) is 7.70. The van der Waals surface area contributed by atoms with Gasteiger partial charge in [-0.2, -0.15) is 0 Å². The van der Waals surface area contributed by atoms with Gasteiger partial charge in [0.15, 0.2) is 0 Å². The van der Waals surface area contributed by atoms with Gasteiger partial charge in [0.05, 0.1) is 24.5 Å². The second-order valence-electron chi connectivity index (χ2n) is 7.93. The van der Waals surface area contributed by atoms with Gasteiger partial charge in [-0.25, -0.2) is 4.79 Å². The summed E-state index contributed by atoms with van der Waals surface area (Å²) < 4.78 is 4.99. The first-order valence-electron chi connectivity index (χ1n) is 9.96. The molecule has 4 atom stereocenters. The van der Waals surface area contributed by atoms with Crippen molar-refractivity contribution < 1.29 is 24.2 Å². The van der Waals surface area contributed by atoms with E-state index < -0.39 is 23.8 Å². The van der Waals surface area contributed by atoms with Gasteiger partial charge >= 0.3 is 11.9 Å². The van der Waals surface area contributed by atoms with Crippen molar-refractivity contribution in [1.82, 2.24) is 0 Å². The number of allylic oxidation sites excluding steroid dienone is 2. The SMILES string of the molecule is COC(=O)c1c(NC(=O)[C@@H]2[C@@H](C(=O)O)[C@H]3C=C[C@@H]2CC3)sc2c1CCCCC2. The quantitative estimate of drug-likeness (QED) is 0.455. The maximum absolute atomic E-state index is 13.2. The Morgan fingerprint density at radius 2 is 1.75 bits per heavy atom. The van der Waals surface area contributed by atoms with Gasteiger partial charge in [0.25, 0.3) is 0 Å². The zero-order valence-corrected chi connectivity index (χ0v) is 16.7. The summed E-state index contributed by atoms with van der Waals surface area (Å²) >= 11 is 1.44. The predicted molar refractivity (Wildman–Crippen MR) is 106 cm³/mol. The number of carboxylic acids is 1. The summed E-state index contributed by atoms with van der Waals surface area (Å²) in [5, 5.41) is 13.1. The van der Waals surface area contributed by atoms with E-state index >= 15 is 0 Å². The van der Waals surface area contributed by atoms with Crippen LogP contribution in [-0.2, 0) is 27.2 Å². The van der Waals surface area contributed by atoms with Gasteiger partial charge in [-0.1, -0.05) is 18.6 Å². The van der Waals surface area contributed by atoms with Crippen LogP contribution in [0.25, 0.3) is 0 Å². The summed E-state index contributed by atoms with van der Waals surface area (Å²) in [6.45, 7) is 0. The van der Waals surface area contributed by atoms with E-state index in [9.17, 15) is 19.5 Å². The van der Waals surface area contributed by atoms with Crippen LogP contribution in [0.2, 0.25) is 0 Å². The molecule has 2 N–H and O–H groups in total. The van der Waals surface area contributed by atoms with Crippen molar-refractivity contribution in [3.8, 4) is 0 Å². The number of methoxy groups -OCH3 is 1. The number of hydrogen-bond donors (Lipinski definition) is 2. The van der Waals surface area contributed by atoms with Crippen molar-refractivity contribution in [3.63, 3.8) is 0 Å². The first-order chi connectivity index (χ1) is 13.5. The molecule has 4 aliphatic carbocycles. The lowest BCUT2D eigenvalue weighted by atomic mass is 9.62. The van der Waals surface area contributed by atoms with Gasteiger partial charge < -0.3 is 15.2 Å². The molecule has 1 saturated carbocycles. The van der Waals surface area contributed by atoms with Crippen LogP contribution in [-0.4, -0.2) is 30.1 Å². The third kappa shape index (κ3) is 3.26. The Bertz CT molecular complexity index is 842. The summed E-state index contributed by atoms with van der Waals surface area (Å²) in [6, 6.07) is 0. The molecule has 6 nitrogen and oxygen atoms in total. The number of aryl methyl sites for hydroxylation is 1. The van der Waals surface area contributed by atoms with E-state index in [0.717, 1.165) is 55.4 Å². The molecule has 150 valence electrons. The third-order valence-corrected chi connectivity index (χ3v) is 7.59. The van der Waals surface area contributed by atoms with Crippen LogP contribution in [0.3, 0.4) is 0 Å². The number of carbonyl (C=O) groups is 3. The predicted octanol–water partition coefficient (Wildman–Crippen LogP) is 3.66. The first-order valence-corrected chi connectivity index (χ1v) is 10.8. The first kappa shape index (κ1) is 19.2. The van der Waals surface area contributed by atoms with Crippen LogP contribution < -0.4 is 5.32 Å². The Kier molecular flexibility index (Phi) is 5.27. The zero-order valence-electron chi connectivity index (χ0n) is 15.9. The fourth-order valence-electron chi connectivity index (χ4n) is 5.03. The lowest BCUT2D eigenvalue weighted by Crippen LogP contribution is -2.47. The highest BCUT2D eigenvalue weighted by molar-refractivity contribution is 7.17. The Morgan fingerprint density at radius 3 is 2.39 bits per heavy atom. The molecule has 1 amide bonds. The number of nitrogens with one attached hydrogen (secondary N) is 1. The average molecular weight is 404 g/mol. The molecule has 0 radical (unpaired) electrons. The van der Waals surface area contributed by atoms with Gasteiger partial charge in [-0.15, -0.1) is 11.3 Å². The lowest BCUT2D eigenvalue weighted by Gasteiger charge is -2.41. The van der Waals surface area contributed by atoms with Gasteiger partial charge in [-0.05, 0) is 55.9 Å². The van der Waals surface area contributed by atoms with Crippen LogP contribution in [0.1, 0.15) is 52.9 Å². The summed E-state index contributed by atoms with van der Waals surface area (Å²) in [5.41, 5.74) is 1.45. The molecular formula is C21H25NO5S. The van der Waals surface area contributed by atoms with Crippen LogP contribution >= 0.6 is 11.3 Å². The molecule has 0 spiro atoms. The molecule has 7 heteroatoms. The number of ether oxygens (including phenoxy) is 1. The highest BCUT2D eigenvalue weighted by atomic mass is 32.1. The number of carboxylic acid groups (broad SMARTS) is 1. The molecular weight excluding hydrogens is 378 g/mol. The van der Waals surface area contributed by atoms with E-state index in [4.69, 9.17) is 4.74 Å². The number of thiophene rings is 1. The van der Waals surface area contributed by atoms with Crippen molar-refractivity contribution >= 4 is 34.2 Å². The van der Waals surface area contributed by atoms with Gasteiger partial charge in [0.1, 0.15) is 5.00 Å². The zero-order chi connectivity index (χ0) is 19.8. The molecule has 0 aliphatic heterocycles. The normalized spacial score (nSPS) is 28.3. The van der Waals surface area contributed by atoms with E-state index in [0.29, 0.717) is 10.6 Å². The van der Waals surface area contributed by atoms with Crippen molar-refractivity contribution in [1.29, 1.82) is 0 Å². The molecule has 0 saturated heterocycles. The van der Waals surface area contributed by atoms with Crippen LogP contribution in [0.5, 0.6) is 0 Å². The summed E-state index contributed by atoms with van der Waals surface area (Å²) in [5.74, 6) is -3.13. The largest absolute Gasteiger partial charge is 0.481 e. The highest BCUT2D eigenvalue weighted by Gasteiger charge is 2.48. The van der Waals surface area contributed by atoms with E-state index in [-0.39, 0.29) is 17.7 Å². The molecule has 1 aromatic heterocycles. The Balaban J connectivity index is 1.65. The van der Waals surface area contributed by atoms with Crippen molar-refractivity contribution in [2.24, 2.45) is 23.7 Å². The number of esters is 1. The monoisotopic (exact) mass is 403 g/mol. The topological polar surface area (TPSA) is 92.7 Å². The minimum atomic E-state index is -0.922. The van der Waals surface area contributed by atoms with E-state index in [1.165, 1.54) is 18.4 Å². The van der Waals surface area contributed by atoms with E-state index in [1.807, 2.05) is 12.2 Å². The summed E-state index contributed by atoms with van der Waals surface area (Å²) in [4.78, 5) is 38.6. The summed E-state index contributed by atoms with van der Waals surface area (Å²) in [6.07, 6.45) is 10.5. The van der Waals surface area contributed by atoms with Gasteiger partial charge in [0, 0.05) is 4.88 Å². The highest BCUT2D eigenvalue weighted by Crippen LogP contribution is 2.46. The minimum absolute atomic E-state index is 0.0644. The fourth-order valence-corrected chi connectivity index (χ4v) is 6.31. The average Bonchev–Trinajstić information content (AvgIpc) is 2.87. The molecule has 0 aromatic carbocycles. The number of anilines is 1. The molecule has 4 aliphatic rings. The molecule has 2 bridgehead atoms. The molecule has 1 fully saturated rings. The van der Waals surface area contributed by atoms with Gasteiger partial charge in [0.2, 0.25) is 5.91 Å². The standard InChI is InChI=1S/C21H25NO5S/c1-27-21(26)17-13-5-3-2-4-6-14(13)28-19(17)22-18(23)15-11-7-9-12(10-8-11)16(15)20(24)25/h7,9,11-12,15-16H,2-6,8,10H2,1H3,(H,22,23)(H,24,25)/t11-,12+,15+,16+/m1/s1. The number of aliphatic carboxylic acids is 1. The maximum Gasteiger partial charge on any atom is 0.341 e. The number of amides is 1.